The molecule has 0 saturated carbocycles. The van der Waals surface area contributed by atoms with E-state index in [0.717, 1.165) is 24.8 Å². The SMILES string of the molecule is Cc1ccc(Br)cc1Cn1c(C(F)F)nn(C)c1=O. The van der Waals surface area contributed by atoms with Gasteiger partial charge in [-0.2, -0.15) is 0 Å². The molecule has 19 heavy (non-hydrogen) atoms. The Balaban J connectivity index is 2.49. The third-order valence-corrected chi connectivity index (χ3v) is 3.36. The molecule has 102 valence electrons. The lowest BCUT2D eigenvalue weighted by atomic mass is 10.1. The Kier molecular flexibility index (Phi) is 3.84. The molecule has 1 aromatic heterocycles. The van der Waals surface area contributed by atoms with Crippen LogP contribution in [0.2, 0.25) is 0 Å². The van der Waals surface area contributed by atoms with Crippen LogP contribution >= 0.6 is 15.9 Å². The summed E-state index contributed by atoms with van der Waals surface area (Å²) in [5, 5.41) is 3.56. The molecule has 0 N–H and O–H groups in total. The summed E-state index contributed by atoms with van der Waals surface area (Å²) in [5.41, 5.74) is 1.18. The van der Waals surface area contributed by atoms with Crippen molar-refractivity contribution in [3.63, 3.8) is 0 Å². The van der Waals surface area contributed by atoms with Gasteiger partial charge in [0.05, 0.1) is 6.54 Å². The quantitative estimate of drug-likeness (QED) is 0.867. The van der Waals surface area contributed by atoms with Crippen LogP contribution in [0.3, 0.4) is 0 Å². The Morgan fingerprint density at radius 2 is 2.11 bits per heavy atom. The molecule has 4 nitrogen and oxygen atoms in total. The molecule has 0 aliphatic heterocycles. The second kappa shape index (κ2) is 5.24. The van der Waals surface area contributed by atoms with E-state index in [1.165, 1.54) is 7.05 Å². The van der Waals surface area contributed by atoms with Crippen LogP contribution in [-0.2, 0) is 13.6 Å². The molecule has 1 aromatic carbocycles. The van der Waals surface area contributed by atoms with Gasteiger partial charge in [-0.05, 0) is 30.2 Å². The normalized spacial score (nSPS) is 11.3. The molecule has 0 aliphatic carbocycles. The Bertz CT molecular complexity index is 663. The van der Waals surface area contributed by atoms with Crippen molar-refractivity contribution in [2.24, 2.45) is 7.05 Å². The van der Waals surface area contributed by atoms with Gasteiger partial charge in [-0.1, -0.05) is 22.0 Å². The van der Waals surface area contributed by atoms with E-state index in [9.17, 15) is 13.6 Å². The fourth-order valence-corrected chi connectivity index (χ4v) is 2.22. The summed E-state index contributed by atoms with van der Waals surface area (Å²) in [6, 6.07) is 5.53. The highest BCUT2D eigenvalue weighted by Gasteiger charge is 2.20. The summed E-state index contributed by atoms with van der Waals surface area (Å²) in [7, 11) is 1.36. The zero-order valence-corrected chi connectivity index (χ0v) is 12.0. The first-order valence-corrected chi connectivity index (χ1v) is 6.36. The summed E-state index contributed by atoms with van der Waals surface area (Å²) >= 11 is 3.32. The van der Waals surface area contributed by atoms with E-state index in [-0.39, 0.29) is 6.54 Å². The van der Waals surface area contributed by atoms with E-state index >= 15 is 0 Å². The van der Waals surface area contributed by atoms with Gasteiger partial charge in [-0.25, -0.2) is 18.3 Å². The van der Waals surface area contributed by atoms with Gasteiger partial charge in [0.1, 0.15) is 0 Å². The number of aryl methyl sites for hydroxylation is 2. The fourth-order valence-electron chi connectivity index (χ4n) is 1.81. The molecule has 2 aromatic rings. The van der Waals surface area contributed by atoms with E-state index in [0.29, 0.717) is 0 Å². The number of benzene rings is 1. The zero-order chi connectivity index (χ0) is 14.2. The maximum absolute atomic E-state index is 12.9. The van der Waals surface area contributed by atoms with Gasteiger partial charge in [-0.3, -0.25) is 4.57 Å². The van der Waals surface area contributed by atoms with Gasteiger partial charge in [0, 0.05) is 11.5 Å². The molecular formula is C12H12BrF2N3O. The van der Waals surface area contributed by atoms with Crippen molar-refractivity contribution in [2.45, 2.75) is 19.9 Å². The molecule has 0 spiro atoms. The largest absolute Gasteiger partial charge is 0.346 e. The molecular weight excluding hydrogens is 320 g/mol. The summed E-state index contributed by atoms with van der Waals surface area (Å²) < 4.78 is 28.5. The van der Waals surface area contributed by atoms with Crippen LogP contribution in [0.25, 0.3) is 0 Å². The third kappa shape index (κ3) is 2.75. The molecule has 0 fully saturated rings. The molecule has 2 rings (SSSR count). The van der Waals surface area contributed by atoms with Gasteiger partial charge in [-0.15, -0.1) is 5.10 Å². The van der Waals surface area contributed by atoms with Crippen LogP contribution in [0.1, 0.15) is 23.4 Å². The smallest absolute Gasteiger partial charge is 0.270 e. The average Bonchev–Trinajstić information content (AvgIpc) is 2.62. The number of hydrogen-bond donors (Lipinski definition) is 0. The van der Waals surface area contributed by atoms with Crippen LogP contribution in [0.4, 0.5) is 8.78 Å². The van der Waals surface area contributed by atoms with Gasteiger partial charge in [0.25, 0.3) is 6.43 Å². The zero-order valence-electron chi connectivity index (χ0n) is 10.4. The van der Waals surface area contributed by atoms with Crippen LogP contribution in [0, 0.1) is 6.92 Å². The molecule has 0 atom stereocenters. The number of hydrogen-bond acceptors (Lipinski definition) is 2. The lowest BCUT2D eigenvalue weighted by Crippen LogP contribution is -2.24. The first-order chi connectivity index (χ1) is 8.90. The summed E-state index contributed by atoms with van der Waals surface area (Å²) in [6.45, 7) is 1.95. The van der Waals surface area contributed by atoms with Crippen LogP contribution in [0.5, 0.6) is 0 Å². The highest BCUT2D eigenvalue weighted by molar-refractivity contribution is 9.10. The van der Waals surface area contributed by atoms with Crippen molar-refractivity contribution in [3.05, 3.63) is 50.1 Å². The minimum Gasteiger partial charge on any atom is -0.270 e. The van der Waals surface area contributed by atoms with Gasteiger partial charge in [0.15, 0.2) is 0 Å². The second-order valence-corrected chi connectivity index (χ2v) is 5.14. The van der Waals surface area contributed by atoms with Gasteiger partial charge in [0.2, 0.25) is 5.82 Å². The molecule has 0 aliphatic rings. The Morgan fingerprint density at radius 1 is 1.42 bits per heavy atom. The number of nitrogens with zero attached hydrogens (tertiary/aromatic N) is 3. The molecule has 0 amide bonds. The highest BCUT2D eigenvalue weighted by atomic mass is 79.9. The predicted molar refractivity (Wildman–Crippen MR) is 70.4 cm³/mol. The first-order valence-electron chi connectivity index (χ1n) is 5.57. The third-order valence-electron chi connectivity index (χ3n) is 2.87. The van der Waals surface area contributed by atoms with Crippen molar-refractivity contribution in [1.29, 1.82) is 0 Å². The standard InChI is InChI=1S/C12H12BrF2N3O/c1-7-3-4-9(13)5-8(7)6-18-11(10(14)15)16-17(2)12(18)19/h3-5,10H,6H2,1-2H3. The minimum absolute atomic E-state index is 0.0810. The number of aromatic nitrogens is 3. The number of halogens is 3. The van der Waals surface area contributed by atoms with Crippen LogP contribution in [-0.4, -0.2) is 14.3 Å². The highest BCUT2D eigenvalue weighted by Crippen LogP contribution is 2.19. The van der Waals surface area contributed by atoms with Crippen molar-refractivity contribution >= 4 is 15.9 Å². The van der Waals surface area contributed by atoms with Gasteiger partial charge >= 0.3 is 5.69 Å². The molecule has 0 radical (unpaired) electrons. The summed E-state index contributed by atoms with van der Waals surface area (Å²) in [4.78, 5) is 11.8. The first kappa shape index (κ1) is 13.9. The molecule has 0 saturated heterocycles. The molecule has 0 unspecified atom stereocenters. The lowest BCUT2D eigenvalue weighted by molar-refractivity contribution is 0.134. The van der Waals surface area contributed by atoms with E-state index in [2.05, 4.69) is 21.0 Å². The topological polar surface area (TPSA) is 39.8 Å². The molecule has 7 heteroatoms. The maximum atomic E-state index is 12.9. The molecule has 1 heterocycles. The average molecular weight is 332 g/mol. The van der Waals surface area contributed by atoms with E-state index < -0.39 is 17.9 Å². The van der Waals surface area contributed by atoms with E-state index in [1.807, 2.05) is 25.1 Å². The number of rotatable bonds is 3. The number of alkyl halides is 2. The lowest BCUT2D eigenvalue weighted by Gasteiger charge is -2.08. The minimum atomic E-state index is -2.78. The van der Waals surface area contributed by atoms with E-state index in [4.69, 9.17) is 0 Å². The summed E-state index contributed by atoms with van der Waals surface area (Å²) in [6.07, 6.45) is -2.78. The maximum Gasteiger partial charge on any atom is 0.346 e. The molecule has 0 bridgehead atoms. The Morgan fingerprint density at radius 3 is 2.74 bits per heavy atom. The monoisotopic (exact) mass is 331 g/mol. The van der Waals surface area contributed by atoms with Crippen molar-refractivity contribution in [2.75, 3.05) is 0 Å². The van der Waals surface area contributed by atoms with Gasteiger partial charge < -0.3 is 0 Å². The van der Waals surface area contributed by atoms with Crippen molar-refractivity contribution in [3.8, 4) is 0 Å². The second-order valence-electron chi connectivity index (χ2n) is 4.22. The Labute approximate surface area is 116 Å². The fraction of sp³-hybridized carbons (Fsp3) is 0.333. The van der Waals surface area contributed by atoms with Crippen molar-refractivity contribution < 1.29 is 8.78 Å². The predicted octanol–water partition coefficient (Wildman–Crippen LogP) is 2.64. The van der Waals surface area contributed by atoms with Crippen LogP contribution < -0.4 is 5.69 Å². The van der Waals surface area contributed by atoms with Crippen molar-refractivity contribution in [1.82, 2.24) is 14.3 Å². The summed E-state index contributed by atoms with van der Waals surface area (Å²) in [5.74, 6) is -0.508. The van der Waals surface area contributed by atoms with Crippen LogP contribution in [0.15, 0.2) is 27.5 Å². The van der Waals surface area contributed by atoms with E-state index in [1.54, 1.807) is 0 Å². The Hall–Kier alpha value is -1.50.